The number of hydrogen-bond acceptors (Lipinski definition) is 5. The van der Waals surface area contributed by atoms with Crippen molar-refractivity contribution in [3.8, 4) is 11.3 Å². The van der Waals surface area contributed by atoms with Crippen LogP contribution in [0.15, 0.2) is 24.3 Å². The summed E-state index contributed by atoms with van der Waals surface area (Å²) in [4.78, 5) is 64.7. The van der Waals surface area contributed by atoms with E-state index in [1.54, 1.807) is 0 Å². The predicted octanol–water partition coefficient (Wildman–Crippen LogP) is 2.03. The first-order valence-electron chi connectivity index (χ1n) is 9.99. The van der Waals surface area contributed by atoms with Crippen molar-refractivity contribution in [3.05, 3.63) is 46.9 Å². The molecule has 1 N–H and O–H groups in total. The number of ketones is 1. The number of hydrogen-bond donors (Lipinski definition) is 1. The fourth-order valence-electron chi connectivity index (χ4n) is 4.49. The van der Waals surface area contributed by atoms with Gasteiger partial charge in [-0.1, -0.05) is 12.1 Å². The largest absolute Gasteiger partial charge is 0.480 e. The SMILES string of the molecule is CN1C(=O)C(c2c3c(n(CC(=O)O)c2-c2ccccc2F)CCCC3=O)C(=O)N(C)C1=O. The molecule has 1 aromatic heterocycles. The van der Waals surface area contributed by atoms with E-state index in [0.29, 0.717) is 18.5 Å². The van der Waals surface area contributed by atoms with Gasteiger partial charge in [-0.05, 0) is 25.0 Å². The Hall–Kier alpha value is -3.82. The molecule has 2 heterocycles. The average Bonchev–Trinajstić information content (AvgIpc) is 3.06. The number of Topliss-reactive ketones (excluding diaryl/α,β-unsaturated/α-hetero) is 1. The number of carboxylic acid groups (broad SMARTS) is 1. The van der Waals surface area contributed by atoms with Crippen LogP contribution in [-0.4, -0.2) is 63.2 Å². The lowest BCUT2D eigenvalue weighted by atomic mass is 9.84. The van der Waals surface area contributed by atoms with Gasteiger partial charge in [-0.3, -0.25) is 29.0 Å². The number of carbonyl (C=O) groups excluding carboxylic acids is 4. The molecule has 0 radical (unpaired) electrons. The highest BCUT2D eigenvalue weighted by Crippen LogP contribution is 2.43. The van der Waals surface area contributed by atoms with Crippen LogP contribution in [0.1, 0.15) is 40.4 Å². The van der Waals surface area contributed by atoms with E-state index < -0.39 is 42.1 Å². The van der Waals surface area contributed by atoms with Gasteiger partial charge in [-0.15, -0.1) is 0 Å². The Bertz CT molecular complexity index is 1180. The molecule has 1 aromatic carbocycles. The van der Waals surface area contributed by atoms with Crippen molar-refractivity contribution in [2.24, 2.45) is 0 Å². The molecule has 166 valence electrons. The monoisotopic (exact) mass is 441 g/mol. The summed E-state index contributed by atoms with van der Waals surface area (Å²) < 4.78 is 16.2. The number of amides is 4. The van der Waals surface area contributed by atoms with Crippen molar-refractivity contribution in [3.63, 3.8) is 0 Å². The molecule has 1 saturated heterocycles. The Morgan fingerprint density at radius 1 is 1.06 bits per heavy atom. The molecule has 0 unspecified atom stereocenters. The van der Waals surface area contributed by atoms with E-state index in [-0.39, 0.29) is 34.6 Å². The first-order valence-corrected chi connectivity index (χ1v) is 9.99. The number of rotatable bonds is 4. The van der Waals surface area contributed by atoms with Crippen LogP contribution in [0.4, 0.5) is 9.18 Å². The summed E-state index contributed by atoms with van der Waals surface area (Å²) in [5.41, 5.74) is 0.331. The molecule has 0 saturated carbocycles. The molecular formula is C22H20FN3O6. The van der Waals surface area contributed by atoms with E-state index in [0.717, 1.165) is 9.80 Å². The fraction of sp³-hybridized carbons (Fsp3) is 0.318. The molecule has 4 amide bonds. The topological polar surface area (TPSA) is 117 Å². The van der Waals surface area contributed by atoms with Crippen molar-refractivity contribution in [1.82, 2.24) is 14.4 Å². The fourth-order valence-corrected chi connectivity index (χ4v) is 4.49. The van der Waals surface area contributed by atoms with Crippen molar-refractivity contribution >= 4 is 29.6 Å². The van der Waals surface area contributed by atoms with Crippen LogP contribution in [0.5, 0.6) is 0 Å². The number of fused-ring (bicyclic) bond motifs is 1. The highest BCUT2D eigenvalue weighted by molar-refractivity contribution is 6.21. The minimum absolute atomic E-state index is 0.00593. The first-order chi connectivity index (χ1) is 15.1. The van der Waals surface area contributed by atoms with Gasteiger partial charge in [0.2, 0.25) is 11.8 Å². The lowest BCUT2D eigenvalue weighted by Gasteiger charge is -2.33. The average molecular weight is 441 g/mol. The number of carbonyl (C=O) groups is 5. The molecule has 2 aliphatic rings. The number of nitrogens with zero attached hydrogens (tertiary/aromatic N) is 3. The smallest absolute Gasteiger partial charge is 0.332 e. The Labute approximate surface area is 182 Å². The number of barbiturate groups is 1. The van der Waals surface area contributed by atoms with Gasteiger partial charge in [0.05, 0.1) is 5.69 Å². The van der Waals surface area contributed by atoms with E-state index in [2.05, 4.69) is 0 Å². The highest BCUT2D eigenvalue weighted by atomic mass is 19.1. The van der Waals surface area contributed by atoms with Crippen LogP contribution >= 0.6 is 0 Å². The van der Waals surface area contributed by atoms with Crippen LogP contribution < -0.4 is 0 Å². The van der Waals surface area contributed by atoms with Gasteiger partial charge < -0.3 is 9.67 Å². The molecular weight excluding hydrogens is 421 g/mol. The van der Waals surface area contributed by atoms with Gasteiger partial charge in [0, 0.05) is 42.9 Å². The molecule has 1 aliphatic carbocycles. The second kappa shape index (κ2) is 7.70. The Balaban J connectivity index is 2.11. The van der Waals surface area contributed by atoms with E-state index >= 15 is 0 Å². The summed E-state index contributed by atoms with van der Waals surface area (Å²) in [7, 11) is 2.43. The molecule has 9 nitrogen and oxygen atoms in total. The normalized spacial score (nSPS) is 17.2. The summed E-state index contributed by atoms with van der Waals surface area (Å²) in [5, 5.41) is 9.52. The third kappa shape index (κ3) is 3.10. The van der Waals surface area contributed by atoms with Gasteiger partial charge >= 0.3 is 12.0 Å². The van der Waals surface area contributed by atoms with Gasteiger partial charge in [-0.2, -0.15) is 0 Å². The number of benzene rings is 1. The van der Waals surface area contributed by atoms with Gasteiger partial charge in [0.1, 0.15) is 18.3 Å². The van der Waals surface area contributed by atoms with Crippen LogP contribution in [0, 0.1) is 5.82 Å². The lowest BCUT2D eigenvalue weighted by Crippen LogP contribution is -2.56. The summed E-state index contributed by atoms with van der Waals surface area (Å²) in [5.74, 6) is -5.57. The standard InChI is InChI=1S/C22H20FN3O6/c1-24-20(30)18(21(31)25(2)22(24)32)17-16-13(8-5-9-14(16)27)26(10-15(28)29)19(17)11-6-3-4-7-12(11)23/h3-4,6-7,18H,5,8-10H2,1-2H3,(H,28,29). The Morgan fingerprint density at radius 3 is 2.28 bits per heavy atom. The second-order valence-corrected chi connectivity index (χ2v) is 7.83. The van der Waals surface area contributed by atoms with Gasteiger partial charge in [-0.25, -0.2) is 9.18 Å². The zero-order chi connectivity index (χ0) is 23.3. The number of urea groups is 1. The van der Waals surface area contributed by atoms with E-state index in [4.69, 9.17) is 0 Å². The number of halogens is 1. The summed E-state index contributed by atoms with van der Waals surface area (Å²) >= 11 is 0. The zero-order valence-electron chi connectivity index (χ0n) is 17.4. The Kier molecular flexibility index (Phi) is 5.15. The van der Waals surface area contributed by atoms with Crippen molar-refractivity contribution in [2.75, 3.05) is 14.1 Å². The number of aliphatic carboxylic acids is 1. The quantitative estimate of drug-likeness (QED) is 0.726. The second-order valence-electron chi connectivity index (χ2n) is 7.83. The summed E-state index contributed by atoms with van der Waals surface area (Å²) in [6.07, 6.45) is 0.930. The minimum Gasteiger partial charge on any atom is -0.480 e. The van der Waals surface area contributed by atoms with Crippen molar-refractivity contribution < 1.29 is 33.5 Å². The third-order valence-electron chi connectivity index (χ3n) is 5.94. The minimum atomic E-state index is -1.58. The van der Waals surface area contributed by atoms with Crippen LogP contribution in [0.25, 0.3) is 11.3 Å². The number of aromatic nitrogens is 1. The molecule has 0 spiro atoms. The van der Waals surface area contributed by atoms with Gasteiger partial charge in [0.15, 0.2) is 5.78 Å². The van der Waals surface area contributed by atoms with Crippen molar-refractivity contribution in [1.29, 1.82) is 0 Å². The maximum absolute atomic E-state index is 14.9. The number of likely N-dealkylation sites (N-methyl/N-ethyl adjacent to an activating group) is 2. The Morgan fingerprint density at radius 2 is 1.69 bits per heavy atom. The van der Waals surface area contributed by atoms with E-state index in [1.807, 2.05) is 0 Å². The molecule has 1 fully saturated rings. The van der Waals surface area contributed by atoms with E-state index in [9.17, 15) is 33.5 Å². The molecule has 2 aromatic rings. The molecule has 4 rings (SSSR count). The summed E-state index contributed by atoms with van der Waals surface area (Å²) in [6, 6.07) is 4.73. The van der Waals surface area contributed by atoms with Gasteiger partial charge in [0.25, 0.3) is 0 Å². The third-order valence-corrected chi connectivity index (χ3v) is 5.94. The number of carboxylic acids is 1. The van der Waals surface area contributed by atoms with E-state index in [1.165, 1.54) is 42.9 Å². The van der Waals surface area contributed by atoms with Crippen LogP contribution in [0.3, 0.4) is 0 Å². The molecule has 10 heteroatoms. The predicted molar refractivity (Wildman–Crippen MR) is 108 cm³/mol. The maximum atomic E-state index is 14.9. The van der Waals surface area contributed by atoms with Crippen LogP contribution in [-0.2, 0) is 27.3 Å². The first kappa shape index (κ1) is 21.4. The van der Waals surface area contributed by atoms with Crippen molar-refractivity contribution in [2.45, 2.75) is 31.7 Å². The molecule has 0 atom stereocenters. The zero-order valence-corrected chi connectivity index (χ0v) is 17.4. The molecule has 32 heavy (non-hydrogen) atoms. The maximum Gasteiger partial charge on any atom is 0.332 e. The van der Waals surface area contributed by atoms with Crippen LogP contribution in [0.2, 0.25) is 0 Å². The summed E-state index contributed by atoms with van der Waals surface area (Å²) in [6.45, 7) is -0.584. The molecule has 0 bridgehead atoms. The highest BCUT2D eigenvalue weighted by Gasteiger charge is 2.48. The number of imide groups is 2. The lowest BCUT2D eigenvalue weighted by molar-refractivity contribution is -0.143. The molecule has 1 aliphatic heterocycles.